The Labute approximate surface area is 96.1 Å². The molecule has 0 bridgehead atoms. The summed E-state index contributed by atoms with van der Waals surface area (Å²) in [6.07, 6.45) is -1.25. The van der Waals surface area contributed by atoms with Crippen molar-refractivity contribution in [1.82, 2.24) is 0 Å². The molecule has 0 aliphatic rings. The SMILES string of the molecule is O[C@@H](c1cccc(F)c1)c1cc(F)cc(F)c1. The fourth-order valence-electron chi connectivity index (χ4n) is 1.60. The van der Waals surface area contributed by atoms with Gasteiger partial charge in [0.1, 0.15) is 23.6 Å². The van der Waals surface area contributed by atoms with Crippen LogP contribution in [0.4, 0.5) is 13.2 Å². The second-order valence-electron chi connectivity index (χ2n) is 3.66. The van der Waals surface area contributed by atoms with E-state index in [1.54, 1.807) is 0 Å². The third-order valence-corrected chi connectivity index (χ3v) is 2.37. The highest BCUT2D eigenvalue weighted by Gasteiger charge is 2.13. The third kappa shape index (κ3) is 2.65. The smallest absolute Gasteiger partial charge is 0.126 e. The first-order valence-electron chi connectivity index (χ1n) is 4.96. The van der Waals surface area contributed by atoms with Crippen molar-refractivity contribution in [2.24, 2.45) is 0 Å². The minimum absolute atomic E-state index is 0.0492. The van der Waals surface area contributed by atoms with E-state index >= 15 is 0 Å². The summed E-state index contributed by atoms with van der Waals surface area (Å²) in [5, 5.41) is 9.87. The molecule has 0 fully saturated rings. The zero-order chi connectivity index (χ0) is 12.4. The molecule has 0 radical (unpaired) electrons. The number of benzene rings is 2. The number of hydrogen-bond acceptors (Lipinski definition) is 1. The summed E-state index contributed by atoms with van der Waals surface area (Å²) >= 11 is 0. The zero-order valence-corrected chi connectivity index (χ0v) is 8.70. The second kappa shape index (κ2) is 4.59. The van der Waals surface area contributed by atoms with Crippen LogP contribution in [-0.2, 0) is 0 Å². The standard InChI is InChI=1S/C13H9F3O/c14-10-3-1-2-8(4-10)13(17)9-5-11(15)7-12(16)6-9/h1-7,13,17H/t13-/m0/s1. The van der Waals surface area contributed by atoms with Crippen LogP contribution in [-0.4, -0.2) is 5.11 Å². The number of halogens is 3. The van der Waals surface area contributed by atoms with Gasteiger partial charge in [0.15, 0.2) is 0 Å². The number of rotatable bonds is 2. The van der Waals surface area contributed by atoms with Crippen LogP contribution in [0.3, 0.4) is 0 Å². The molecule has 2 aromatic carbocycles. The summed E-state index contributed by atoms with van der Waals surface area (Å²) in [5.41, 5.74) is 0.295. The van der Waals surface area contributed by atoms with Gasteiger partial charge in [-0.2, -0.15) is 0 Å². The Hall–Kier alpha value is -1.81. The van der Waals surface area contributed by atoms with Gasteiger partial charge in [0.25, 0.3) is 0 Å². The molecule has 4 heteroatoms. The first-order chi connectivity index (χ1) is 8.06. The Kier molecular flexibility index (Phi) is 3.15. The molecule has 1 N–H and O–H groups in total. The summed E-state index contributed by atoms with van der Waals surface area (Å²) in [7, 11) is 0. The molecule has 0 amide bonds. The Morgan fingerprint density at radius 3 is 1.94 bits per heavy atom. The lowest BCUT2D eigenvalue weighted by molar-refractivity contribution is 0.218. The molecule has 0 aliphatic heterocycles. The van der Waals surface area contributed by atoms with Crippen molar-refractivity contribution in [3.8, 4) is 0 Å². The van der Waals surface area contributed by atoms with Gasteiger partial charge in [-0.15, -0.1) is 0 Å². The maximum Gasteiger partial charge on any atom is 0.126 e. The van der Waals surface area contributed by atoms with Crippen molar-refractivity contribution in [3.63, 3.8) is 0 Å². The fourth-order valence-corrected chi connectivity index (χ4v) is 1.60. The molecule has 1 nitrogen and oxygen atoms in total. The second-order valence-corrected chi connectivity index (χ2v) is 3.66. The normalized spacial score (nSPS) is 12.5. The highest BCUT2D eigenvalue weighted by molar-refractivity contribution is 5.30. The maximum absolute atomic E-state index is 13.0. The lowest BCUT2D eigenvalue weighted by Crippen LogP contribution is -2.01. The summed E-state index contributed by atoms with van der Waals surface area (Å²) in [6.45, 7) is 0. The highest BCUT2D eigenvalue weighted by Crippen LogP contribution is 2.23. The van der Waals surface area contributed by atoms with Gasteiger partial charge in [0.05, 0.1) is 0 Å². The van der Waals surface area contributed by atoms with Crippen LogP contribution in [0.1, 0.15) is 17.2 Å². The molecule has 17 heavy (non-hydrogen) atoms. The van der Waals surface area contributed by atoms with Crippen LogP contribution in [0, 0.1) is 17.5 Å². The molecular formula is C13H9F3O. The van der Waals surface area contributed by atoms with E-state index in [1.807, 2.05) is 0 Å². The molecule has 1 atom stereocenters. The minimum atomic E-state index is -1.25. The average Bonchev–Trinajstić information content (AvgIpc) is 2.26. The lowest BCUT2D eigenvalue weighted by atomic mass is 10.0. The van der Waals surface area contributed by atoms with E-state index in [0.717, 1.165) is 18.2 Å². The van der Waals surface area contributed by atoms with Crippen molar-refractivity contribution < 1.29 is 18.3 Å². The van der Waals surface area contributed by atoms with E-state index < -0.39 is 23.6 Å². The molecule has 0 heterocycles. The summed E-state index contributed by atoms with van der Waals surface area (Å²) < 4.78 is 38.9. The van der Waals surface area contributed by atoms with E-state index in [-0.39, 0.29) is 11.1 Å². The zero-order valence-electron chi connectivity index (χ0n) is 8.70. The van der Waals surface area contributed by atoms with E-state index in [4.69, 9.17) is 0 Å². The molecule has 0 saturated heterocycles. The molecule has 0 saturated carbocycles. The van der Waals surface area contributed by atoms with Gasteiger partial charge >= 0.3 is 0 Å². The van der Waals surface area contributed by atoms with E-state index in [9.17, 15) is 18.3 Å². The Morgan fingerprint density at radius 1 is 0.765 bits per heavy atom. The number of aliphatic hydroxyl groups excluding tert-OH is 1. The fraction of sp³-hybridized carbons (Fsp3) is 0.0769. The van der Waals surface area contributed by atoms with Crippen LogP contribution < -0.4 is 0 Å². The predicted octanol–water partition coefficient (Wildman–Crippen LogP) is 3.19. The van der Waals surface area contributed by atoms with Crippen molar-refractivity contribution >= 4 is 0 Å². The van der Waals surface area contributed by atoms with Crippen LogP contribution in [0.15, 0.2) is 42.5 Å². The predicted molar refractivity (Wildman–Crippen MR) is 56.8 cm³/mol. The third-order valence-electron chi connectivity index (χ3n) is 2.37. The monoisotopic (exact) mass is 238 g/mol. The quantitative estimate of drug-likeness (QED) is 0.851. The van der Waals surface area contributed by atoms with Crippen molar-refractivity contribution in [1.29, 1.82) is 0 Å². The molecule has 88 valence electrons. The van der Waals surface area contributed by atoms with Gasteiger partial charge in [-0.3, -0.25) is 0 Å². The number of hydrogen-bond donors (Lipinski definition) is 1. The maximum atomic E-state index is 13.0. The molecule has 2 aromatic rings. The first kappa shape index (κ1) is 11.7. The average molecular weight is 238 g/mol. The van der Waals surface area contributed by atoms with E-state index in [2.05, 4.69) is 0 Å². The summed E-state index contributed by atoms with van der Waals surface area (Å²) in [5.74, 6) is -2.08. The van der Waals surface area contributed by atoms with Crippen LogP contribution in [0.2, 0.25) is 0 Å². The van der Waals surface area contributed by atoms with Gasteiger partial charge in [0, 0.05) is 6.07 Å². The Morgan fingerprint density at radius 2 is 1.35 bits per heavy atom. The molecular weight excluding hydrogens is 229 g/mol. The lowest BCUT2D eigenvalue weighted by Gasteiger charge is -2.11. The van der Waals surface area contributed by atoms with Gasteiger partial charge in [-0.25, -0.2) is 13.2 Å². The molecule has 2 rings (SSSR count). The van der Waals surface area contributed by atoms with Crippen LogP contribution in [0.5, 0.6) is 0 Å². The molecule has 0 unspecified atom stereocenters. The van der Waals surface area contributed by atoms with Crippen LogP contribution >= 0.6 is 0 Å². The topological polar surface area (TPSA) is 20.2 Å². The van der Waals surface area contributed by atoms with Gasteiger partial charge in [0.2, 0.25) is 0 Å². The Bertz CT molecular complexity index is 520. The minimum Gasteiger partial charge on any atom is -0.384 e. The first-order valence-corrected chi connectivity index (χ1v) is 4.96. The molecule has 0 spiro atoms. The van der Waals surface area contributed by atoms with Crippen molar-refractivity contribution in [2.45, 2.75) is 6.10 Å². The van der Waals surface area contributed by atoms with Gasteiger partial charge in [-0.05, 0) is 35.4 Å². The molecule has 0 aliphatic carbocycles. The summed E-state index contributed by atoms with van der Waals surface area (Å²) in [4.78, 5) is 0. The highest BCUT2D eigenvalue weighted by atomic mass is 19.1. The largest absolute Gasteiger partial charge is 0.384 e. The van der Waals surface area contributed by atoms with Gasteiger partial charge < -0.3 is 5.11 Å². The Balaban J connectivity index is 2.39. The summed E-state index contributed by atoms with van der Waals surface area (Å²) in [6, 6.07) is 7.98. The van der Waals surface area contributed by atoms with E-state index in [1.165, 1.54) is 18.2 Å². The van der Waals surface area contributed by atoms with Gasteiger partial charge in [-0.1, -0.05) is 12.1 Å². The van der Waals surface area contributed by atoms with E-state index in [0.29, 0.717) is 6.07 Å². The van der Waals surface area contributed by atoms with Crippen molar-refractivity contribution in [2.75, 3.05) is 0 Å². The molecule has 0 aromatic heterocycles. The van der Waals surface area contributed by atoms with Crippen LogP contribution in [0.25, 0.3) is 0 Å². The number of aliphatic hydroxyl groups is 1. The van der Waals surface area contributed by atoms with Crippen molar-refractivity contribution in [3.05, 3.63) is 71.0 Å².